The van der Waals surface area contributed by atoms with E-state index in [4.69, 9.17) is 42.7 Å². The van der Waals surface area contributed by atoms with Crippen molar-refractivity contribution >= 4 is 14.4 Å². The van der Waals surface area contributed by atoms with Crippen molar-refractivity contribution in [2.45, 2.75) is 58.2 Å². The van der Waals surface area contributed by atoms with Gasteiger partial charge in [-0.05, 0) is 65.7 Å². The number of aliphatic hydroxyl groups is 1. The van der Waals surface area contributed by atoms with Crippen molar-refractivity contribution in [3.8, 4) is 17.2 Å². The Kier molecular flexibility index (Phi) is 18.3. The Hall–Kier alpha value is -3.79. The van der Waals surface area contributed by atoms with Gasteiger partial charge >= 0.3 is 6.09 Å². The van der Waals surface area contributed by atoms with Crippen LogP contribution in [-0.2, 0) is 36.6 Å². The van der Waals surface area contributed by atoms with Crippen molar-refractivity contribution < 1.29 is 56.3 Å². The summed E-state index contributed by atoms with van der Waals surface area (Å²) in [7, 11) is -2.29. The van der Waals surface area contributed by atoms with Crippen molar-refractivity contribution in [1.82, 2.24) is 5.32 Å². The largest absolute Gasteiger partial charge is 0.491 e. The molecule has 3 aromatic carbocycles. The highest BCUT2D eigenvalue weighted by Gasteiger charge is 2.39. The number of carbonyl (C=O) groups is 1. The molecule has 0 aliphatic heterocycles. The first-order valence-corrected chi connectivity index (χ1v) is 20.2. The van der Waals surface area contributed by atoms with Gasteiger partial charge in [-0.2, -0.15) is 0 Å². The third-order valence-corrected chi connectivity index (χ3v) is 12.7. The van der Waals surface area contributed by atoms with E-state index in [0.717, 1.165) is 11.1 Å². The molecule has 3 aromatic rings. The Bertz CT molecular complexity index is 1460. The molecule has 0 fully saturated rings. The summed E-state index contributed by atoms with van der Waals surface area (Å²) in [6.45, 7) is 13.3. The van der Waals surface area contributed by atoms with Gasteiger partial charge in [0.25, 0.3) is 0 Å². The Morgan fingerprint density at radius 3 is 1.83 bits per heavy atom. The summed E-state index contributed by atoms with van der Waals surface area (Å²) in [6, 6.07) is 17.2. The lowest BCUT2D eigenvalue weighted by atomic mass is 10.2. The molecule has 0 radical (unpaired) electrons. The van der Waals surface area contributed by atoms with Crippen LogP contribution in [0.1, 0.15) is 31.9 Å². The zero-order valence-corrected chi connectivity index (χ0v) is 31.8. The van der Waals surface area contributed by atoms with Gasteiger partial charge in [0.2, 0.25) is 0 Å². The molecule has 0 aliphatic carbocycles. The fourth-order valence-corrected chi connectivity index (χ4v) is 5.57. The van der Waals surface area contributed by atoms with Crippen LogP contribution >= 0.6 is 0 Å². The van der Waals surface area contributed by atoms with Crippen LogP contribution in [0.5, 0.6) is 17.2 Å². The smallest absolute Gasteiger partial charge is 0.407 e. The van der Waals surface area contributed by atoms with Crippen molar-refractivity contribution in [3.05, 3.63) is 89.5 Å². The molecule has 0 aliphatic rings. The number of aliphatic hydroxyl groups excluding tert-OH is 1. The summed E-state index contributed by atoms with van der Waals surface area (Å²) in [5.41, 5.74) is 1.53. The Morgan fingerprint density at radius 1 is 0.731 bits per heavy atom. The number of carbonyl (C=O) groups excluding carboxylic acids is 1. The second kappa shape index (κ2) is 22.3. The molecule has 2 N–H and O–H groups in total. The normalized spacial score (nSPS) is 12.3. The minimum Gasteiger partial charge on any atom is -0.491 e. The summed E-state index contributed by atoms with van der Waals surface area (Å²) in [5, 5.41) is 11.3. The molecule has 0 saturated carbocycles. The summed E-state index contributed by atoms with van der Waals surface area (Å²) < 4.78 is 73.2. The number of benzene rings is 3. The molecular formula is C38H53F2NO10Si. The zero-order chi connectivity index (χ0) is 37.8. The number of nitrogens with one attached hydrogen (secondary N) is 1. The third kappa shape index (κ3) is 16.3. The number of hydrogen-bond donors (Lipinski definition) is 2. The first kappa shape index (κ1) is 42.6. The third-order valence-electron chi connectivity index (χ3n) is 8.13. The minimum atomic E-state index is -2.29. The van der Waals surface area contributed by atoms with Gasteiger partial charge in [0.15, 0.2) is 19.8 Å². The molecule has 1 atom stereocenters. The van der Waals surface area contributed by atoms with Crippen molar-refractivity contribution in [2.24, 2.45) is 0 Å². The zero-order valence-electron chi connectivity index (χ0n) is 30.8. The fraction of sp³-hybridized carbons (Fsp3) is 0.500. The maximum absolute atomic E-state index is 13.5. The van der Waals surface area contributed by atoms with Crippen LogP contribution in [0.15, 0.2) is 66.7 Å². The van der Waals surface area contributed by atoms with Crippen LogP contribution in [0.2, 0.25) is 18.1 Å². The average molecular weight is 750 g/mol. The topological polar surface area (TPSA) is 123 Å². The number of ether oxygens (including phenoxy) is 7. The van der Waals surface area contributed by atoms with Crippen LogP contribution in [0, 0.1) is 11.6 Å². The second-order valence-electron chi connectivity index (χ2n) is 13.3. The Balaban J connectivity index is 1.58. The highest BCUT2D eigenvalue weighted by molar-refractivity contribution is 6.74. The van der Waals surface area contributed by atoms with Gasteiger partial charge in [0, 0.05) is 12.6 Å². The van der Waals surface area contributed by atoms with Gasteiger partial charge in [-0.3, -0.25) is 0 Å². The molecule has 3 rings (SSSR count). The first-order chi connectivity index (χ1) is 24.9. The van der Waals surface area contributed by atoms with Crippen LogP contribution in [-0.4, -0.2) is 91.6 Å². The maximum atomic E-state index is 13.5. The molecule has 0 unspecified atom stereocenters. The number of hydrogen-bond acceptors (Lipinski definition) is 10. The summed E-state index contributed by atoms with van der Waals surface area (Å²) in [5.74, 6) is 0.617. The summed E-state index contributed by atoms with van der Waals surface area (Å²) in [4.78, 5) is 12.5. The Labute approximate surface area is 306 Å². The molecule has 0 aromatic heterocycles. The lowest BCUT2D eigenvalue weighted by Gasteiger charge is -2.39. The van der Waals surface area contributed by atoms with E-state index in [2.05, 4.69) is 39.2 Å². The van der Waals surface area contributed by atoms with E-state index >= 15 is 0 Å². The molecule has 11 nitrogen and oxygen atoms in total. The Morgan fingerprint density at radius 2 is 1.27 bits per heavy atom. The summed E-state index contributed by atoms with van der Waals surface area (Å²) in [6.07, 6.45) is -1.18. The van der Waals surface area contributed by atoms with Crippen LogP contribution in [0.25, 0.3) is 0 Å². The number of rotatable bonds is 24. The molecule has 0 saturated heterocycles. The molecule has 52 heavy (non-hydrogen) atoms. The van der Waals surface area contributed by atoms with Crippen molar-refractivity contribution in [1.29, 1.82) is 0 Å². The van der Waals surface area contributed by atoms with E-state index in [-0.39, 0.29) is 69.5 Å². The van der Waals surface area contributed by atoms with E-state index in [9.17, 15) is 13.6 Å². The van der Waals surface area contributed by atoms with Crippen LogP contribution < -0.4 is 19.5 Å². The van der Waals surface area contributed by atoms with Gasteiger partial charge in [0.1, 0.15) is 49.9 Å². The summed E-state index contributed by atoms with van der Waals surface area (Å²) >= 11 is 0. The van der Waals surface area contributed by atoms with E-state index in [1.54, 1.807) is 42.5 Å². The number of alkyl carbamates (subject to hydrolysis) is 1. The molecule has 0 heterocycles. The van der Waals surface area contributed by atoms with Crippen molar-refractivity contribution in [2.75, 3.05) is 66.0 Å². The standard InChI is InChI=1S/C38H53F2NO10Si/c1-38(2,3)52(4,5)51-34(28-50-37(43)41-16-18-44-20-22-46-23-21-45-19-17-42)27-47-33-14-15-35(48-25-29-6-10-31(39)11-7-29)36(24-33)49-26-30-8-12-32(40)13-9-30/h6-15,24,34,42H,16-23,25-28H2,1-5H3,(H,41,43)/t34-/m1/s1. The number of halogens is 2. The van der Waals surface area contributed by atoms with Gasteiger partial charge in [-0.15, -0.1) is 0 Å². The minimum absolute atomic E-state index is 0.0251. The molecule has 288 valence electrons. The van der Waals surface area contributed by atoms with Crippen LogP contribution in [0.3, 0.4) is 0 Å². The predicted octanol–water partition coefficient (Wildman–Crippen LogP) is 6.66. The van der Waals surface area contributed by atoms with E-state index in [0.29, 0.717) is 43.7 Å². The lowest BCUT2D eigenvalue weighted by molar-refractivity contribution is 0.00783. The van der Waals surface area contributed by atoms with E-state index in [1.807, 2.05) is 0 Å². The second-order valence-corrected chi connectivity index (χ2v) is 18.1. The quantitative estimate of drug-likeness (QED) is 0.0760. The van der Waals surface area contributed by atoms with E-state index in [1.165, 1.54) is 24.3 Å². The highest BCUT2D eigenvalue weighted by Crippen LogP contribution is 2.38. The fourth-order valence-electron chi connectivity index (χ4n) is 4.24. The molecular weight excluding hydrogens is 696 g/mol. The van der Waals surface area contributed by atoms with Gasteiger partial charge in [-0.25, -0.2) is 13.6 Å². The average Bonchev–Trinajstić information content (AvgIpc) is 3.11. The number of amides is 1. The van der Waals surface area contributed by atoms with Gasteiger partial charge in [0.05, 0.1) is 46.2 Å². The maximum Gasteiger partial charge on any atom is 0.407 e. The van der Waals surface area contributed by atoms with Crippen molar-refractivity contribution in [3.63, 3.8) is 0 Å². The monoisotopic (exact) mass is 749 g/mol. The SMILES string of the molecule is CC(C)(C)[Si](C)(C)O[C@@H](COC(=O)NCCOCCOCCOCCO)COc1ccc(OCc2ccc(F)cc2)c(OCc2ccc(F)cc2)c1. The van der Waals surface area contributed by atoms with E-state index < -0.39 is 20.5 Å². The highest BCUT2D eigenvalue weighted by atomic mass is 28.4. The first-order valence-electron chi connectivity index (χ1n) is 17.3. The van der Waals surface area contributed by atoms with Gasteiger partial charge in [-0.1, -0.05) is 45.0 Å². The predicted molar refractivity (Wildman–Crippen MR) is 194 cm³/mol. The van der Waals surface area contributed by atoms with Gasteiger partial charge < -0.3 is 48.0 Å². The lowest BCUT2D eigenvalue weighted by Crippen LogP contribution is -2.47. The molecule has 0 spiro atoms. The molecule has 1 amide bonds. The molecule has 14 heteroatoms. The van der Waals surface area contributed by atoms with Crippen LogP contribution in [0.4, 0.5) is 13.6 Å². The molecule has 0 bridgehead atoms.